The zero-order valence-corrected chi connectivity index (χ0v) is 17.5. The second-order valence-corrected chi connectivity index (χ2v) is 7.28. The number of anilines is 1. The smallest absolute Gasteiger partial charge is 0.329 e. The van der Waals surface area contributed by atoms with Crippen LogP contribution >= 0.6 is 0 Å². The van der Waals surface area contributed by atoms with E-state index in [9.17, 15) is 14.4 Å². The van der Waals surface area contributed by atoms with E-state index in [0.717, 1.165) is 11.3 Å². The van der Waals surface area contributed by atoms with E-state index in [2.05, 4.69) is 15.7 Å². The van der Waals surface area contributed by atoms with Crippen LogP contribution in [-0.2, 0) is 32.6 Å². The number of nitrogens with one attached hydrogen (secondary N) is 2. The van der Waals surface area contributed by atoms with Gasteiger partial charge in [0.25, 0.3) is 5.91 Å². The molecule has 0 aliphatic carbocycles. The number of amides is 2. The van der Waals surface area contributed by atoms with Crippen molar-refractivity contribution in [2.75, 3.05) is 11.9 Å². The Morgan fingerprint density at radius 3 is 2.31 bits per heavy atom. The first-order chi connectivity index (χ1) is 13.7. The summed E-state index contributed by atoms with van der Waals surface area (Å²) in [4.78, 5) is 36.9. The first kappa shape index (κ1) is 22.1. The summed E-state index contributed by atoms with van der Waals surface area (Å²) in [7, 11) is 1.78. The van der Waals surface area contributed by atoms with Gasteiger partial charge in [0.15, 0.2) is 6.61 Å². The number of esters is 1. The highest BCUT2D eigenvalue weighted by atomic mass is 16.5. The summed E-state index contributed by atoms with van der Waals surface area (Å²) in [6.07, 6.45) is 0.164. The third-order valence-electron chi connectivity index (χ3n) is 4.56. The molecule has 29 heavy (non-hydrogen) atoms. The number of carbonyl (C=O) groups is 3. The molecule has 0 spiro atoms. The quantitative estimate of drug-likeness (QED) is 0.659. The van der Waals surface area contributed by atoms with Gasteiger partial charge >= 0.3 is 5.97 Å². The Balaban J connectivity index is 1.90. The fourth-order valence-corrected chi connectivity index (χ4v) is 2.86. The molecule has 0 aliphatic heterocycles. The summed E-state index contributed by atoms with van der Waals surface area (Å²) in [5, 5.41) is 9.63. The average Bonchev–Trinajstić information content (AvgIpc) is 2.91. The lowest BCUT2D eigenvalue weighted by molar-refractivity contribution is -0.151. The zero-order valence-electron chi connectivity index (χ0n) is 17.5. The van der Waals surface area contributed by atoms with E-state index in [1.165, 1.54) is 0 Å². The number of hydrogen-bond donors (Lipinski definition) is 2. The highest BCUT2D eigenvalue weighted by Gasteiger charge is 2.26. The molecule has 0 bridgehead atoms. The lowest BCUT2D eigenvalue weighted by Crippen LogP contribution is -2.46. The second-order valence-electron chi connectivity index (χ2n) is 7.28. The molecule has 1 aromatic heterocycles. The zero-order chi connectivity index (χ0) is 21.6. The van der Waals surface area contributed by atoms with Crippen LogP contribution in [0.25, 0.3) is 0 Å². The summed E-state index contributed by atoms with van der Waals surface area (Å²) in [6, 6.07) is 8.42. The maximum Gasteiger partial charge on any atom is 0.329 e. The highest BCUT2D eigenvalue weighted by Crippen LogP contribution is 2.18. The summed E-state index contributed by atoms with van der Waals surface area (Å²) in [6.45, 7) is 6.78. The number of nitrogens with zero attached hydrogens (tertiary/aromatic N) is 2. The van der Waals surface area contributed by atoms with E-state index in [-0.39, 0.29) is 18.2 Å². The number of ether oxygens (including phenoxy) is 1. The molecule has 0 saturated heterocycles. The van der Waals surface area contributed by atoms with Gasteiger partial charge in [-0.25, -0.2) is 4.79 Å². The minimum Gasteiger partial charge on any atom is -0.454 e. The van der Waals surface area contributed by atoms with Crippen LogP contribution in [0.2, 0.25) is 0 Å². The third kappa shape index (κ3) is 6.17. The van der Waals surface area contributed by atoms with Crippen molar-refractivity contribution in [1.82, 2.24) is 15.1 Å². The first-order valence-corrected chi connectivity index (χ1v) is 9.49. The number of rotatable bonds is 8. The van der Waals surface area contributed by atoms with Gasteiger partial charge in [0.1, 0.15) is 6.04 Å². The molecule has 0 fully saturated rings. The lowest BCUT2D eigenvalue weighted by Gasteiger charge is -2.20. The Bertz CT molecular complexity index is 874. The fourth-order valence-electron chi connectivity index (χ4n) is 2.86. The van der Waals surface area contributed by atoms with E-state index >= 15 is 0 Å². The van der Waals surface area contributed by atoms with Crippen molar-refractivity contribution >= 4 is 23.5 Å². The third-order valence-corrected chi connectivity index (χ3v) is 4.56. The number of benzene rings is 1. The number of carbonyl (C=O) groups excluding carboxylic acids is 3. The molecular formula is C21H28N4O4. The topological polar surface area (TPSA) is 102 Å². The SMILES string of the molecule is Cc1nn(C)c(C)c1NC(=O)COC(=O)[C@@H](NC(=O)Cc1ccccc1)C(C)C. The van der Waals surface area contributed by atoms with Crippen LogP contribution in [-0.4, -0.2) is 40.2 Å². The molecule has 0 saturated carbocycles. The predicted molar refractivity (Wildman–Crippen MR) is 109 cm³/mol. The van der Waals surface area contributed by atoms with E-state index < -0.39 is 24.5 Å². The van der Waals surface area contributed by atoms with Crippen LogP contribution in [0, 0.1) is 19.8 Å². The Hall–Kier alpha value is -3.16. The van der Waals surface area contributed by atoms with Gasteiger partial charge in [0, 0.05) is 7.05 Å². The molecule has 0 radical (unpaired) electrons. The maximum absolute atomic E-state index is 12.4. The maximum atomic E-state index is 12.4. The van der Waals surface area contributed by atoms with Crippen LogP contribution in [0.3, 0.4) is 0 Å². The lowest BCUT2D eigenvalue weighted by atomic mass is 10.0. The predicted octanol–water partition coefficient (Wildman–Crippen LogP) is 1.90. The van der Waals surface area contributed by atoms with Crippen LogP contribution in [0.15, 0.2) is 30.3 Å². The molecule has 2 aromatic rings. The van der Waals surface area contributed by atoms with Crippen LogP contribution in [0.4, 0.5) is 5.69 Å². The molecular weight excluding hydrogens is 372 g/mol. The van der Waals surface area contributed by atoms with Crippen LogP contribution in [0.1, 0.15) is 30.8 Å². The van der Waals surface area contributed by atoms with Crippen molar-refractivity contribution < 1.29 is 19.1 Å². The van der Waals surface area contributed by atoms with Gasteiger partial charge in [-0.05, 0) is 25.3 Å². The Morgan fingerprint density at radius 2 is 1.76 bits per heavy atom. The molecule has 156 valence electrons. The number of hydrogen-bond acceptors (Lipinski definition) is 5. The van der Waals surface area contributed by atoms with E-state index in [1.54, 1.807) is 32.5 Å². The van der Waals surface area contributed by atoms with Crippen molar-refractivity contribution in [3.05, 3.63) is 47.3 Å². The summed E-state index contributed by atoms with van der Waals surface area (Å²) in [5.74, 6) is -1.57. The number of aryl methyl sites for hydroxylation is 2. The largest absolute Gasteiger partial charge is 0.454 e. The molecule has 2 N–H and O–H groups in total. The average molecular weight is 400 g/mol. The number of aromatic nitrogens is 2. The van der Waals surface area contributed by atoms with Crippen molar-refractivity contribution in [3.8, 4) is 0 Å². The van der Waals surface area contributed by atoms with Gasteiger partial charge in [0.2, 0.25) is 5.91 Å². The van der Waals surface area contributed by atoms with Crippen molar-refractivity contribution in [1.29, 1.82) is 0 Å². The first-order valence-electron chi connectivity index (χ1n) is 9.49. The van der Waals surface area contributed by atoms with Crippen LogP contribution < -0.4 is 10.6 Å². The second kappa shape index (κ2) is 9.86. The van der Waals surface area contributed by atoms with E-state index in [1.807, 2.05) is 37.3 Å². The Morgan fingerprint density at radius 1 is 1.10 bits per heavy atom. The summed E-state index contributed by atoms with van der Waals surface area (Å²) in [5.41, 5.74) is 2.93. The van der Waals surface area contributed by atoms with Gasteiger partial charge < -0.3 is 15.4 Å². The molecule has 2 rings (SSSR count). The van der Waals surface area contributed by atoms with Gasteiger partial charge in [-0.2, -0.15) is 5.10 Å². The normalized spacial score (nSPS) is 11.8. The molecule has 1 atom stereocenters. The van der Waals surface area contributed by atoms with Gasteiger partial charge in [-0.15, -0.1) is 0 Å². The van der Waals surface area contributed by atoms with E-state index in [4.69, 9.17) is 4.74 Å². The molecule has 1 heterocycles. The Labute approximate surface area is 170 Å². The van der Waals surface area contributed by atoms with Crippen molar-refractivity contribution in [3.63, 3.8) is 0 Å². The molecule has 1 aromatic carbocycles. The molecule has 8 heteroatoms. The highest BCUT2D eigenvalue weighted by molar-refractivity contribution is 5.94. The minimum absolute atomic E-state index is 0.164. The fraction of sp³-hybridized carbons (Fsp3) is 0.429. The van der Waals surface area contributed by atoms with Gasteiger partial charge in [-0.3, -0.25) is 14.3 Å². The van der Waals surface area contributed by atoms with Crippen molar-refractivity contribution in [2.45, 2.75) is 40.2 Å². The molecule has 8 nitrogen and oxygen atoms in total. The van der Waals surface area contributed by atoms with Gasteiger partial charge in [-0.1, -0.05) is 44.2 Å². The summed E-state index contributed by atoms with van der Waals surface area (Å²) >= 11 is 0. The molecule has 0 aliphatic rings. The Kier molecular flexibility index (Phi) is 7.52. The van der Waals surface area contributed by atoms with E-state index in [0.29, 0.717) is 11.4 Å². The molecule has 0 unspecified atom stereocenters. The molecule has 2 amide bonds. The van der Waals surface area contributed by atoms with Crippen LogP contribution in [0.5, 0.6) is 0 Å². The summed E-state index contributed by atoms with van der Waals surface area (Å²) < 4.78 is 6.80. The monoisotopic (exact) mass is 400 g/mol. The van der Waals surface area contributed by atoms with Crippen molar-refractivity contribution in [2.24, 2.45) is 13.0 Å². The standard InChI is InChI=1S/C21H28N4O4/c1-13(2)19(22-17(26)11-16-9-7-6-8-10-16)21(28)29-12-18(27)23-20-14(3)24-25(5)15(20)4/h6-10,13,19H,11-12H2,1-5H3,(H,22,26)(H,23,27)/t19-/m0/s1. The van der Waals surface area contributed by atoms with Gasteiger partial charge in [0.05, 0.1) is 23.5 Å². The minimum atomic E-state index is -0.833.